The molecular formula is C10H10ClF2N3O. The Bertz CT molecular complexity index is 455. The SMILES string of the molecule is NNC(=O)C(c1cc(Cl)ccn1)C1CC1(F)F. The third-order valence-corrected chi connectivity index (χ3v) is 3.00. The first-order valence-corrected chi connectivity index (χ1v) is 5.33. The van der Waals surface area contributed by atoms with Gasteiger partial charge in [0.25, 0.3) is 5.92 Å². The zero-order valence-electron chi connectivity index (χ0n) is 8.66. The molecule has 1 aliphatic carbocycles. The van der Waals surface area contributed by atoms with Gasteiger partial charge in [-0.1, -0.05) is 11.6 Å². The molecule has 1 heterocycles. The van der Waals surface area contributed by atoms with Crippen molar-refractivity contribution in [1.29, 1.82) is 0 Å². The zero-order valence-corrected chi connectivity index (χ0v) is 9.42. The summed E-state index contributed by atoms with van der Waals surface area (Å²) in [5, 5.41) is 0.341. The molecule has 2 unspecified atom stereocenters. The molecule has 0 aromatic carbocycles. The van der Waals surface area contributed by atoms with Gasteiger partial charge in [0.2, 0.25) is 5.91 Å². The number of carbonyl (C=O) groups is 1. The summed E-state index contributed by atoms with van der Waals surface area (Å²) in [5.74, 6) is -0.633. The highest BCUT2D eigenvalue weighted by molar-refractivity contribution is 6.30. The molecule has 1 saturated carbocycles. The minimum absolute atomic E-state index is 0.211. The smallest absolute Gasteiger partial charge is 0.252 e. The fourth-order valence-electron chi connectivity index (χ4n) is 1.80. The van der Waals surface area contributed by atoms with Gasteiger partial charge >= 0.3 is 0 Å². The van der Waals surface area contributed by atoms with E-state index in [0.717, 1.165) is 0 Å². The normalized spacial score (nSPS) is 22.9. The summed E-state index contributed by atoms with van der Waals surface area (Å²) in [6.07, 6.45) is 1.04. The summed E-state index contributed by atoms with van der Waals surface area (Å²) >= 11 is 5.74. The van der Waals surface area contributed by atoms with Gasteiger partial charge in [0, 0.05) is 23.6 Å². The summed E-state index contributed by atoms with van der Waals surface area (Å²) in [4.78, 5) is 15.4. The van der Waals surface area contributed by atoms with Crippen LogP contribution in [0.5, 0.6) is 0 Å². The van der Waals surface area contributed by atoms with Gasteiger partial charge in [-0.15, -0.1) is 0 Å². The highest BCUT2D eigenvalue weighted by Gasteiger charge is 2.62. The Labute approximate surface area is 101 Å². The molecular weight excluding hydrogens is 252 g/mol. The lowest BCUT2D eigenvalue weighted by atomic mass is 9.98. The monoisotopic (exact) mass is 261 g/mol. The van der Waals surface area contributed by atoms with E-state index >= 15 is 0 Å². The molecule has 2 atom stereocenters. The second kappa shape index (κ2) is 4.19. The predicted octanol–water partition coefficient (Wildman–Crippen LogP) is 1.46. The van der Waals surface area contributed by atoms with Gasteiger partial charge in [0.15, 0.2) is 0 Å². The van der Waals surface area contributed by atoms with Gasteiger partial charge in [0.05, 0.1) is 11.6 Å². The van der Waals surface area contributed by atoms with Gasteiger partial charge in [0.1, 0.15) is 0 Å². The third-order valence-electron chi connectivity index (χ3n) is 2.76. The van der Waals surface area contributed by atoms with Crippen molar-refractivity contribution in [1.82, 2.24) is 10.4 Å². The minimum Gasteiger partial charge on any atom is -0.294 e. The Morgan fingerprint density at radius 2 is 2.35 bits per heavy atom. The maximum Gasteiger partial charge on any atom is 0.252 e. The molecule has 1 fully saturated rings. The van der Waals surface area contributed by atoms with Crippen LogP contribution < -0.4 is 11.3 Å². The fourth-order valence-corrected chi connectivity index (χ4v) is 1.97. The molecule has 3 N–H and O–H groups in total. The lowest BCUT2D eigenvalue weighted by Crippen LogP contribution is -2.36. The molecule has 0 bridgehead atoms. The number of amides is 1. The number of halogens is 3. The molecule has 1 aromatic heterocycles. The number of carbonyl (C=O) groups excluding carboxylic acids is 1. The van der Waals surface area contributed by atoms with Gasteiger partial charge in [-0.05, 0) is 12.1 Å². The fraction of sp³-hybridized carbons (Fsp3) is 0.400. The standard InChI is InChI=1S/C10H10ClF2N3O/c11-5-1-2-15-7(3-5)8(9(17)16-14)6-4-10(6,12)13/h1-3,6,8H,4,14H2,(H,16,17). The lowest BCUT2D eigenvalue weighted by molar-refractivity contribution is -0.123. The van der Waals surface area contributed by atoms with Crippen LogP contribution in [-0.2, 0) is 4.79 Å². The molecule has 0 spiro atoms. The van der Waals surface area contributed by atoms with Crippen molar-refractivity contribution in [2.75, 3.05) is 0 Å². The zero-order chi connectivity index (χ0) is 12.6. The maximum atomic E-state index is 13.0. The van der Waals surface area contributed by atoms with E-state index in [9.17, 15) is 13.6 Å². The molecule has 1 amide bonds. The first-order valence-electron chi connectivity index (χ1n) is 4.95. The maximum absolute atomic E-state index is 13.0. The van der Waals surface area contributed by atoms with Crippen LogP contribution in [0.4, 0.5) is 8.78 Å². The third kappa shape index (κ3) is 2.37. The van der Waals surface area contributed by atoms with Crippen LogP contribution in [0, 0.1) is 5.92 Å². The summed E-state index contributed by atoms with van der Waals surface area (Å²) < 4.78 is 26.1. The molecule has 0 aliphatic heterocycles. The molecule has 0 saturated heterocycles. The van der Waals surface area contributed by atoms with E-state index in [2.05, 4.69) is 4.98 Å². The summed E-state index contributed by atoms with van der Waals surface area (Å²) in [7, 11) is 0. The van der Waals surface area contributed by atoms with E-state index in [4.69, 9.17) is 17.4 Å². The number of aromatic nitrogens is 1. The van der Waals surface area contributed by atoms with E-state index < -0.39 is 23.7 Å². The number of pyridine rings is 1. The van der Waals surface area contributed by atoms with Crippen molar-refractivity contribution < 1.29 is 13.6 Å². The quantitative estimate of drug-likeness (QED) is 0.492. The Balaban J connectivity index is 2.31. The van der Waals surface area contributed by atoms with Crippen molar-refractivity contribution in [3.8, 4) is 0 Å². The summed E-state index contributed by atoms with van der Waals surface area (Å²) in [6.45, 7) is 0. The van der Waals surface area contributed by atoms with Crippen molar-refractivity contribution >= 4 is 17.5 Å². The highest BCUT2D eigenvalue weighted by Crippen LogP contribution is 2.55. The molecule has 4 nitrogen and oxygen atoms in total. The van der Waals surface area contributed by atoms with Gasteiger partial charge < -0.3 is 0 Å². The van der Waals surface area contributed by atoms with Gasteiger partial charge in [-0.2, -0.15) is 0 Å². The number of nitrogens with one attached hydrogen (secondary N) is 1. The number of hydrogen-bond donors (Lipinski definition) is 2. The number of nitrogens with zero attached hydrogens (tertiary/aromatic N) is 1. The van der Waals surface area contributed by atoms with E-state index in [1.165, 1.54) is 18.3 Å². The van der Waals surface area contributed by atoms with Crippen LogP contribution in [0.2, 0.25) is 5.02 Å². The number of nitrogens with two attached hydrogens (primary N) is 1. The molecule has 0 radical (unpaired) electrons. The van der Waals surface area contributed by atoms with Crippen molar-refractivity contribution in [2.24, 2.45) is 11.8 Å². The lowest BCUT2D eigenvalue weighted by Gasteiger charge is -2.14. The first-order chi connectivity index (χ1) is 7.95. The molecule has 17 heavy (non-hydrogen) atoms. The number of hydrazine groups is 1. The van der Waals surface area contributed by atoms with E-state index in [-0.39, 0.29) is 12.1 Å². The van der Waals surface area contributed by atoms with Gasteiger partial charge in [-0.25, -0.2) is 14.6 Å². The van der Waals surface area contributed by atoms with Crippen LogP contribution in [0.1, 0.15) is 18.0 Å². The van der Waals surface area contributed by atoms with Crippen LogP contribution in [0.15, 0.2) is 18.3 Å². The van der Waals surface area contributed by atoms with E-state index in [1.807, 2.05) is 5.43 Å². The highest BCUT2D eigenvalue weighted by atomic mass is 35.5. The summed E-state index contributed by atoms with van der Waals surface area (Å²) in [5.41, 5.74) is 2.10. The number of hydrogen-bond acceptors (Lipinski definition) is 3. The topological polar surface area (TPSA) is 68.0 Å². The molecule has 92 valence electrons. The van der Waals surface area contributed by atoms with Crippen molar-refractivity contribution in [3.05, 3.63) is 29.0 Å². The van der Waals surface area contributed by atoms with E-state index in [0.29, 0.717) is 5.02 Å². The number of alkyl halides is 2. The largest absolute Gasteiger partial charge is 0.294 e. The van der Waals surface area contributed by atoms with Crippen LogP contribution in [0.25, 0.3) is 0 Å². The Morgan fingerprint density at radius 1 is 1.71 bits per heavy atom. The van der Waals surface area contributed by atoms with E-state index in [1.54, 1.807) is 0 Å². The Hall–Kier alpha value is -1.27. The molecule has 1 aliphatic rings. The molecule has 2 rings (SSSR count). The average molecular weight is 262 g/mol. The van der Waals surface area contributed by atoms with Crippen LogP contribution in [0.3, 0.4) is 0 Å². The summed E-state index contributed by atoms with van der Waals surface area (Å²) in [6, 6.07) is 2.91. The first kappa shape index (κ1) is 12.2. The molecule has 7 heteroatoms. The van der Waals surface area contributed by atoms with Crippen LogP contribution in [-0.4, -0.2) is 16.8 Å². The average Bonchev–Trinajstić information content (AvgIpc) is 2.87. The Morgan fingerprint density at radius 3 is 2.82 bits per heavy atom. The van der Waals surface area contributed by atoms with Crippen LogP contribution >= 0.6 is 11.6 Å². The molecule has 1 aromatic rings. The van der Waals surface area contributed by atoms with Crippen molar-refractivity contribution in [2.45, 2.75) is 18.3 Å². The van der Waals surface area contributed by atoms with Gasteiger partial charge in [-0.3, -0.25) is 15.2 Å². The van der Waals surface area contributed by atoms with Crippen molar-refractivity contribution in [3.63, 3.8) is 0 Å². The second-order valence-corrected chi connectivity index (χ2v) is 4.39. The Kier molecular flexibility index (Phi) is 3.01. The predicted molar refractivity (Wildman–Crippen MR) is 57.4 cm³/mol. The number of rotatable bonds is 3. The second-order valence-electron chi connectivity index (χ2n) is 3.96. The minimum atomic E-state index is -2.83.